The average Bonchev–Trinajstić information content (AvgIpc) is 3.00. The van der Waals surface area contributed by atoms with Crippen molar-refractivity contribution in [2.75, 3.05) is 14.1 Å². The predicted octanol–water partition coefficient (Wildman–Crippen LogP) is 1.91. The first kappa shape index (κ1) is 23.8. The predicted molar refractivity (Wildman–Crippen MR) is 114 cm³/mol. The van der Waals surface area contributed by atoms with Gasteiger partial charge in [-0.25, -0.2) is 22.5 Å². The molecule has 2 rings (SSSR count). The molecule has 1 atom stereocenters. The third-order valence-electron chi connectivity index (χ3n) is 5.03. The molecule has 0 aliphatic carbocycles. The summed E-state index contributed by atoms with van der Waals surface area (Å²) in [5.74, 6) is -0.754. The second kappa shape index (κ2) is 10.0. The van der Waals surface area contributed by atoms with Crippen molar-refractivity contribution in [2.24, 2.45) is 7.05 Å². The number of sulfonamides is 1. The number of nitrogens with one attached hydrogen (secondary N) is 1. The Morgan fingerprint density at radius 3 is 2.57 bits per heavy atom. The van der Waals surface area contributed by atoms with E-state index in [1.54, 1.807) is 13.1 Å². The topological polar surface area (TPSA) is 122 Å². The Labute approximate surface area is 177 Å². The van der Waals surface area contributed by atoms with Crippen LogP contribution >= 0.6 is 0 Å². The second-order valence-electron chi connectivity index (χ2n) is 7.48. The molecular weight excluding hydrogens is 408 g/mol. The van der Waals surface area contributed by atoms with E-state index in [0.29, 0.717) is 24.2 Å². The zero-order valence-electron chi connectivity index (χ0n) is 17.9. The minimum atomic E-state index is -3.56. The Bertz CT molecular complexity index is 1010. The van der Waals surface area contributed by atoms with E-state index in [2.05, 4.69) is 10.3 Å². The van der Waals surface area contributed by atoms with Crippen LogP contribution in [0.15, 0.2) is 23.1 Å². The molecule has 0 radical (unpaired) electrons. The largest absolute Gasteiger partial charge is 0.480 e. The number of aromatic nitrogens is 2. The molecule has 0 spiro atoms. The van der Waals surface area contributed by atoms with E-state index < -0.39 is 22.0 Å². The van der Waals surface area contributed by atoms with E-state index in [1.807, 2.05) is 11.5 Å². The fourth-order valence-corrected chi connectivity index (χ4v) is 4.09. The summed E-state index contributed by atoms with van der Waals surface area (Å²) in [6.07, 6.45) is 3.46. The average molecular weight is 439 g/mol. The van der Waals surface area contributed by atoms with E-state index in [4.69, 9.17) is 0 Å². The first-order chi connectivity index (χ1) is 14.1. The lowest BCUT2D eigenvalue weighted by atomic mass is 10.1. The summed E-state index contributed by atoms with van der Waals surface area (Å²) >= 11 is 0. The highest BCUT2D eigenvalue weighted by Gasteiger charge is 2.21. The van der Waals surface area contributed by atoms with Crippen molar-refractivity contribution in [3.63, 3.8) is 0 Å². The molecule has 0 saturated carbocycles. The monoisotopic (exact) mass is 438 g/mol. The van der Waals surface area contributed by atoms with Crippen molar-refractivity contribution < 1.29 is 23.1 Å². The van der Waals surface area contributed by atoms with Gasteiger partial charge in [-0.2, -0.15) is 0 Å². The van der Waals surface area contributed by atoms with Gasteiger partial charge < -0.3 is 15.0 Å². The number of rotatable bonds is 11. The van der Waals surface area contributed by atoms with Crippen molar-refractivity contribution >= 4 is 32.9 Å². The lowest BCUT2D eigenvalue weighted by molar-refractivity contribution is -0.142. The number of fused-ring (bicyclic) bond motifs is 1. The first-order valence-electron chi connectivity index (χ1n) is 9.98. The molecule has 0 aliphatic rings. The summed E-state index contributed by atoms with van der Waals surface area (Å²) in [6, 6.07) is 3.85. The number of hydrogen-bond acceptors (Lipinski definition) is 5. The molecule has 2 aromatic rings. The van der Waals surface area contributed by atoms with E-state index in [9.17, 15) is 23.1 Å². The van der Waals surface area contributed by atoms with Crippen LogP contribution in [0.4, 0.5) is 0 Å². The first-order valence-corrected chi connectivity index (χ1v) is 11.4. The maximum absolute atomic E-state index is 12.3. The van der Waals surface area contributed by atoms with Crippen LogP contribution in [0.1, 0.15) is 44.9 Å². The van der Waals surface area contributed by atoms with Crippen LogP contribution in [-0.4, -0.2) is 59.4 Å². The van der Waals surface area contributed by atoms with Gasteiger partial charge in [0.1, 0.15) is 11.9 Å². The maximum Gasteiger partial charge on any atom is 0.326 e. The van der Waals surface area contributed by atoms with Gasteiger partial charge in [-0.1, -0.05) is 26.2 Å². The quantitative estimate of drug-likeness (QED) is 0.517. The molecule has 166 valence electrons. The van der Waals surface area contributed by atoms with Gasteiger partial charge in [0, 0.05) is 34.0 Å². The van der Waals surface area contributed by atoms with E-state index in [0.717, 1.165) is 29.1 Å². The Hall–Kier alpha value is -2.46. The third kappa shape index (κ3) is 5.57. The number of nitrogens with zero attached hydrogens (tertiary/aromatic N) is 3. The molecule has 0 bridgehead atoms. The van der Waals surface area contributed by atoms with Crippen LogP contribution in [0.25, 0.3) is 11.0 Å². The summed E-state index contributed by atoms with van der Waals surface area (Å²) in [7, 11) is 1.17. The molecule has 1 aromatic heterocycles. The highest BCUT2D eigenvalue weighted by Crippen LogP contribution is 2.22. The van der Waals surface area contributed by atoms with Crippen LogP contribution in [-0.2, 0) is 33.1 Å². The number of aliphatic carboxylic acids is 1. The van der Waals surface area contributed by atoms with Crippen LogP contribution in [0, 0.1) is 0 Å². The molecule has 0 fully saturated rings. The summed E-state index contributed by atoms with van der Waals surface area (Å²) in [5, 5.41) is 11.9. The van der Waals surface area contributed by atoms with Gasteiger partial charge in [0.05, 0.1) is 15.9 Å². The molecule has 30 heavy (non-hydrogen) atoms. The summed E-state index contributed by atoms with van der Waals surface area (Å²) in [6.45, 7) is 2.03. The molecule has 1 aromatic carbocycles. The van der Waals surface area contributed by atoms with E-state index in [1.165, 1.54) is 26.2 Å². The molecule has 9 nitrogen and oxygen atoms in total. The summed E-state index contributed by atoms with van der Waals surface area (Å²) in [5.41, 5.74) is 1.28. The van der Waals surface area contributed by atoms with Gasteiger partial charge in [0.25, 0.3) is 0 Å². The van der Waals surface area contributed by atoms with Crippen LogP contribution in [0.2, 0.25) is 0 Å². The van der Waals surface area contributed by atoms with Gasteiger partial charge in [0.2, 0.25) is 15.9 Å². The SMILES string of the molecule is CCCCC[C@H](NC(=O)CCc1nc2cc(S(=O)(=O)N(C)C)ccc2n1C)C(=O)O. The minimum Gasteiger partial charge on any atom is -0.480 e. The van der Waals surface area contributed by atoms with Crippen molar-refractivity contribution in [3.05, 3.63) is 24.0 Å². The van der Waals surface area contributed by atoms with Crippen LogP contribution in [0.3, 0.4) is 0 Å². The fourth-order valence-electron chi connectivity index (χ4n) is 3.17. The Balaban J connectivity index is 2.09. The number of benzene rings is 1. The van der Waals surface area contributed by atoms with Crippen molar-refractivity contribution in [2.45, 2.75) is 56.4 Å². The maximum atomic E-state index is 12.3. The van der Waals surface area contributed by atoms with Gasteiger partial charge in [-0.05, 0) is 24.6 Å². The summed E-state index contributed by atoms with van der Waals surface area (Å²) < 4.78 is 27.6. The lowest BCUT2D eigenvalue weighted by Crippen LogP contribution is -2.40. The second-order valence-corrected chi connectivity index (χ2v) is 9.63. The molecule has 1 amide bonds. The fraction of sp³-hybridized carbons (Fsp3) is 0.550. The van der Waals surface area contributed by atoms with Gasteiger partial charge in [0.15, 0.2) is 0 Å². The molecule has 10 heteroatoms. The van der Waals surface area contributed by atoms with Gasteiger partial charge in [-0.3, -0.25) is 4.79 Å². The normalized spacial score (nSPS) is 13.0. The molecule has 0 saturated heterocycles. The van der Waals surface area contributed by atoms with Gasteiger partial charge >= 0.3 is 5.97 Å². The van der Waals surface area contributed by atoms with E-state index in [-0.39, 0.29) is 17.2 Å². The number of aryl methyl sites for hydroxylation is 2. The minimum absolute atomic E-state index is 0.0948. The smallest absolute Gasteiger partial charge is 0.326 e. The molecule has 0 unspecified atom stereocenters. The van der Waals surface area contributed by atoms with Crippen molar-refractivity contribution in [1.29, 1.82) is 0 Å². The summed E-state index contributed by atoms with van der Waals surface area (Å²) in [4.78, 5) is 28.2. The zero-order valence-corrected chi connectivity index (χ0v) is 18.7. The molecule has 1 heterocycles. The van der Waals surface area contributed by atoms with Gasteiger partial charge in [-0.15, -0.1) is 0 Å². The molecule has 0 aliphatic heterocycles. The zero-order chi connectivity index (χ0) is 22.5. The highest BCUT2D eigenvalue weighted by molar-refractivity contribution is 7.89. The van der Waals surface area contributed by atoms with Crippen LogP contribution in [0.5, 0.6) is 0 Å². The number of imidazole rings is 1. The van der Waals surface area contributed by atoms with Crippen molar-refractivity contribution in [1.82, 2.24) is 19.2 Å². The number of carboxylic acids is 1. The number of amides is 1. The standard InChI is InChI=1S/C20H30N4O5S/c1-5-6-7-8-15(20(26)27)22-19(25)12-11-18-21-16-13-14(30(28,29)23(2)3)9-10-17(16)24(18)4/h9-10,13,15H,5-8,11-12H2,1-4H3,(H,22,25)(H,26,27)/t15-/m0/s1. The van der Waals surface area contributed by atoms with Crippen LogP contribution < -0.4 is 5.32 Å². The number of carboxylic acid groups (broad SMARTS) is 1. The lowest BCUT2D eigenvalue weighted by Gasteiger charge is -2.14. The molecular formula is C20H30N4O5S. The number of carbonyl (C=O) groups excluding carboxylic acids is 1. The van der Waals surface area contributed by atoms with E-state index >= 15 is 0 Å². The Kier molecular flexibility index (Phi) is 7.96. The number of unbranched alkanes of at least 4 members (excludes halogenated alkanes) is 2. The number of carbonyl (C=O) groups is 2. The Morgan fingerprint density at radius 2 is 1.97 bits per heavy atom. The Morgan fingerprint density at radius 1 is 1.27 bits per heavy atom. The highest BCUT2D eigenvalue weighted by atomic mass is 32.2. The molecule has 2 N–H and O–H groups in total. The van der Waals surface area contributed by atoms with Crippen molar-refractivity contribution in [3.8, 4) is 0 Å². The number of hydrogen-bond donors (Lipinski definition) is 2. The third-order valence-corrected chi connectivity index (χ3v) is 6.84.